The van der Waals surface area contributed by atoms with E-state index in [4.69, 9.17) is 5.73 Å². The molecule has 1 aliphatic rings. The molecule has 4 nitrogen and oxygen atoms in total. The number of thiazole rings is 1. The smallest absolute Gasteiger partial charge is 0.265 e. The van der Waals surface area contributed by atoms with E-state index in [1.165, 1.54) is 11.3 Å². The van der Waals surface area contributed by atoms with Gasteiger partial charge in [-0.15, -0.1) is 11.3 Å². The topological polar surface area (TPSA) is 59.2 Å². The number of aromatic nitrogens is 1. The highest BCUT2D eigenvalue weighted by Crippen LogP contribution is 2.21. The maximum atomic E-state index is 12.1. The molecule has 2 heterocycles. The number of carbonyl (C=O) groups excluding carboxylic acids is 1. The van der Waals surface area contributed by atoms with Crippen LogP contribution >= 0.6 is 11.3 Å². The number of aryl methyl sites for hydroxylation is 2. The Labute approximate surface area is 93.1 Å². The molecular weight excluding hydrogens is 210 g/mol. The highest BCUT2D eigenvalue weighted by Gasteiger charge is 2.26. The molecule has 0 spiro atoms. The predicted molar refractivity (Wildman–Crippen MR) is 60.1 cm³/mol. The van der Waals surface area contributed by atoms with Crippen LogP contribution in [-0.4, -0.2) is 34.9 Å². The standard InChI is InChI=1S/C10H15N3OS/c1-6-9(15-7(2)12-6)10(14)13-4-3-8(11)5-13/h8H,3-5,11H2,1-2H3/t8-/m0/s1. The van der Waals surface area contributed by atoms with Crippen LogP contribution in [0, 0.1) is 13.8 Å². The van der Waals surface area contributed by atoms with Crippen LogP contribution in [0.1, 0.15) is 26.8 Å². The summed E-state index contributed by atoms with van der Waals surface area (Å²) in [6.07, 6.45) is 0.905. The fourth-order valence-electron chi connectivity index (χ4n) is 1.85. The summed E-state index contributed by atoms with van der Waals surface area (Å²) in [5, 5.41) is 0.944. The van der Waals surface area contributed by atoms with Gasteiger partial charge in [0.2, 0.25) is 0 Å². The molecule has 1 aliphatic heterocycles. The Kier molecular flexibility index (Phi) is 2.75. The van der Waals surface area contributed by atoms with Crippen LogP contribution < -0.4 is 5.73 Å². The molecule has 0 bridgehead atoms. The lowest BCUT2D eigenvalue weighted by Crippen LogP contribution is -2.31. The average molecular weight is 225 g/mol. The van der Waals surface area contributed by atoms with Crippen LogP contribution in [0.15, 0.2) is 0 Å². The predicted octanol–water partition coefficient (Wildman–Crippen LogP) is 0.933. The number of nitrogens with two attached hydrogens (primary N) is 1. The van der Waals surface area contributed by atoms with Gasteiger partial charge in [-0.05, 0) is 20.3 Å². The first-order valence-corrected chi connectivity index (χ1v) is 5.88. The summed E-state index contributed by atoms with van der Waals surface area (Å²) in [5.74, 6) is 0.0889. The fraction of sp³-hybridized carbons (Fsp3) is 0.600. The third kappa shape index (κ3) is 2.03. The molecule has 0 saturated carbocycles. The van der Waals surface area contributed by atoms with Gasteiger partial charge in [0.25, 0.3) is 5.91 Å². The second-order valence-electron chi connectivity index (χ2n) is 3.95. The minimum Gasteiger partial charge on any atom is -0.336 e. The molecule has 0 aliphatic carbocycles. The van der Waals surface area contributed by atoms with E-state index in [1.54, 1.807) is 0 Å². The summed E-state index contributed by atoms with van der Waals surface area (Å²) < 4.78 is 0. The normalized spacial score (nSPS) is 21.0. The number of rotatable bonds is 1. The molecule has 0 radical (unpaired) electrons. The molecule has 2 N–H and O–H groups in total. The molecule has 1 amide bonds. The first-order valence-electron chi connectivity index (χ1n) is 5.07. The maximum absolute atomic E-state index is 12.1. The van der Waals surface area contributed by atoms with Crippen molar-refractivity contribution in [1.82, 2.24) is 9.88 Å². The first kappa shape index (κ1) is 10.6. The molecule has 1 aromatic rings. The van der Waals surface area contributed by atoms with E-state index in [0.717, 1.165) is 28.5 Å². The number of carbonyl (C=O) groups is 1. The molecule has 1 atom stereocenters. The van der Waals surface area contributed by atoms with Crippen LogP contribution in [0.25, 0.3) is 0 Å². The lowest BCUT2D eigenvalue weighted by atomic mass is 10.3. The van der Waals surface area contributed by atoms with Gasteiger partial charge in [0.15, 0.2) is 0 Å². The van der Waals surface area contributed by atoms with Gasteiger partial charge in [0, 0.05) is 19.1 Å². The van der Waals surface area contributed by atoms with E-state index in [-0.39, 0.29) is 11.9 Å². The highest BCUT2D eigenvalue weighted by molar-refractivity contribution is 7.13. The zero-order chi connectivity index (χ0) is 11.0. The van der Waals surface area contributed by atoms with E-state index in [2.05, 4.69) is 4.98 Å². The van der Waals surface area contributed by atoms with Crippen molar-refractivity contribution in [3.05, 3.63) is 15.6 Å². The summed E-state index contributed by atoms with van der Waals surface area (Å²) in [5.41, 5.74) is 6.61. The van der Waals surface area contributed by atoms with E-state index in [0.29, 0.717) is 6.54 Å². The Morgan fingerprint density at radius 3 is 2.80 bits per heavy atom. The third-order valence-corrected chi connectivity index (χ3v) is 3.67. The molecule has 0 unspecified atom stereocenters. The van der Waals surface area contributed by atoms with Crippen LogP contribution in [0.3, 0.4) is 0 Å². The van der Waals surface area contributed by atoms with Gasteiger partial charge in [0.05, 0.1) is 10.7 Å². The number of likely N-dealkylation sites (tertiary alicyclic amines) is 1. The van der Waals surface area contributed by atoms with Crippen molar-refractivity contribution in [2.45, 2.75) is 26.3 Å². The summed E-state index contributed by atoms with van der Waals surface area (Å²) in [7, 11) is 0. The van der Waals surface area contributed by atoms with E-state index >= 15 is 0 Å². The second kappa shape index (κ2) is 3.90. The van der Waals surface area contributed by atoms with Crippen LogP contribution in [0.4, 0.5) is 0 Å². The zero-order valence-corrected chi connectivity index (χ0v) is 9.80. The minimum absolute atomic E-state index is 0.0889. The molecular formula is C10H15N3OS. The van der Waals surface area contributed by atoms with Crippen molar-refractivity contribution in [2.24, 2.45) is 5.73 Å². The molecule has 0 aromatic carbocycles. The number of amides is 1. The largest absolute Gasteiger partial charge is 0.336 e. The monoisotopic (exact) mass is 225 g/mol. The zero-order valence-electron chi connectivity index (χ0n) is 8.99. The van der Waals surface area contributed by atoms with Crippen LogP contribution in [0.2, 0.25) is 0 Å². The van der Waals surface area contributed by atoms with Gasteiger partial charge in [-0.2, -0.15) is 0 Å². The Balaban J connectivity index is 2.17. The fourth-order valence-corrected chi connectivity index (χ4v) is 2.73. The summed E-state index contributed by atoms with van der Waals surface area (Å²) >= 11 is 1.47. The molecule has 82 valence electrons. The Hall–Kier alpha value is -0.940. The molecule has 2 rings (SSSR count). The maximum Gasteiger partial charge on any atom is 0.265 e. The quantitative estimate of drug-likeness (QED) is 0.773. The number of hydrogen-bond acceptors (Lipinski definition) is 4. The summed E-state index contributed by atoms with van der Waals surface area (Å²) in [6, 6.07) is 0.142. The summed E-state index contributed by atoms with van der Waals surface area (Å²) in [6.45, 7) is 5.25. The highest BCUT2D eigenvalue weighted by atomic mass is 32.1. The number of hydrogen-bond donors (Lipinski definition) is 1. The van der Waals surface area contributed by atoms with Gasteiger partial charge in [-0.1, -0.05) is 0 Å². The van der Waals surface area contributed by atoms with Crippen LogP contribution in [-0.2, 0) is 0 Å². The number of nitrogens with zero attached hydrogens (tertiary/aromatic N) is 2. The van der Waals surface area contributed by atoms with Gasteiger partial charge >= 0.3 is 0 Å². The lowest BCUT2D eigenvalue weighted by Gasteiger charge is -2.14. The van der Waals surface area contributed by atoms with Gasteiger partial charge in [-0.3, -0.25) is 4.79 Å². The Morgan fingerprint density at radius 2 is 2.33 bits per heavy atom. The van der Waals surface area contributed by atoms with Gasteiger partial charge in [0.1, 0.15) is 4.88 Å². The van der Waals surface area contributed by atoms with E-state index in [9.17, 15) is 4.79 Å². The molecule has 1 fully saturated rings. The Morgan fingerprint density at radius 1 is 1.60 bits per heavy atom. The molecule has 1 saturated heterocycles. The lowest BCUT2D eigenvalue weighted by molar-refractivity contribution is 0.0794. The minimum atomic E-state index is 0.0889. The van der Waals surface area contributed by atoms with Crippen molar-refractivity contribution in [1.29, 1.82) is 0 Å². The average Bonchev–Trinajstić information content (AvgIpc) is 2.71. The van der Waals surface area contributed by atoms with Crippen molar-refractivity contribution < 1.29 is 4.79 Å². The first-order chi connectivity index (χ1) is 7.08. The van der Waals surface area contributed by atoms with Crippen molar-refractivity contribution in [3.63, 3.8) is 0 Å². The van der Waals surface area contributed by atoms with E-state index < -0.39 is 0 Å². The third-order valence-electron chi connectivity index (χ3n) is 2.61. The Bertz CT molecular complexity index is 388. The second-order valence-corrected chi connectivity index (χ2v) is 5.15. The summed E-state index contributed by atoms with van der Waals surface area (Å²) in [4.78, 5) is 18.9. The van der Waals surface area contributed by atoms with Crippen molar-refractivity contribution in [3.8, 4) is 0 Å². The van der Waals surface area contributed by atoms with Crippen LogP contribution in [0.5, 0.6) is 0 Å². The van der Waals surface area contributed by atoms with Crippen molar-refractivity contribution in [2.75, 3.05) is 13.1 Å². The molecule has 5 heteroatoms. The van der Waals surface area contributed by atoms with Gasteiger partial charge in [-0.25, -0.2) is 4.98 Å². The van der Waals surface area contributed by atoms with Crippen molar-refractivity contribution >= 4 is 17.2 Å². The SMILES string of the molecule is Cc1nc(C)c(C(=O)N2CC[C@H](N)C2)s1. The molecule has 15 heavy (non-hydrogen) atoms. The van der Waals surface area contributed by atoms with Gasteiger partial charge < -0.3 is 10.6 Å². The molecule has 1 aromatic heterocycles. The van der Waals surface area contributed by atoms with E-state index in [1.807, 2.05) is 18.7 Å².